The number of nitrogens with zero attached hydrogens (tertiary/aromatic N) is 1. The first kappa shape index (κ1) is 24.3. The van der Waals surface area contributed by atoms with Gasteiger partial charge in [0.1, 0.15) is 0 Å². The van der Waals surface area contributed by atoms with Crippen molar-refractivity contribution < 1.29 is 9.59 Å². The van der Waals surface area contributed by atoms with Gasteiger partial charge in [0.15, 0.2) is 0 Å². The molecule has 37 heavy (non-hydrogen) atoms. The molecule has 186 valence electrons. The van der Waals surface area contributed by atoms with Gasteiger partial charge < -0.3 is 15.5 Å². The van der Waals surface area contributed by atoms with Gasteiger partial charge in [0.25, 0.3) is 11.8 Å². The Morgan fingerprint density at radius 3 is 1.97 bits per heavy atom. The van der Waals surface area contributed by atoms with Crippen LogP contribution < -0.4 is 15.5 Å². The minimum absolute atomic E-state index is 0.0318. The van der Waals surface area contributed by atoms with E-state index >= 15 is 0 Å². The number of amides is 2. The minimum atomic E-state index is -0.0813. The number of rotatable bonds is 7. The second-order valence-corrected chi connectivity index (χ2v) is 9.36. The number of para-hydroxylation sites is 1. The number of carbonyl (C=O) groups is 2. The monoisotopic (exact) mass is 489 g/mol. The van der Waals surface area contributed by atoms with E-state index in [4.69, 9.17) is 0 Å². The van der Waals surface area contributed by atoms with Gasteiger partial charge in [-0.15, -0.1) is 0 Å². The van der Waals surface area contributed by atoms with Gasteiger partial charge in [0.2, 0.25) is 0 Å². The van der Waals surface area contributed by atoms with E-state index in [1.165, 1.54) is 5.56 Å². The van der Waals surface area contributed by atoms with Gasteiger partial charge in [-0.25, -0.2) is 0 Å². The Morgan fingerprint density at radius 2 is 1.27 bits per heavy atom. The highest BCUT2D eigenvalue weighted by Gasteiger charge is 2.24. The number of benzene rings is 4. The fourth-order valence-electron chi connectivity index (χ4n) is 4.79. The lowest BCUT2D eigenvalue weighted by atomic mass is 10.0. The molecule has 5 heteroatoms. The van der Waals surface area contributed by atoms with Crippen LogP contribution >= 0.6 is 0 Å². The van der Waals surface area contributed by atoms with Crippen LogP contribution in [0.5, 0.6) is 0 Å². The van der Waals surface area contributed by atoms with Gasteiger partial charge >= 0.3 is 0 Å². The van der Waals surface area contributed by atoms with Crippen molar-refractivity contribution in [3.8, 4) is 11.1 Å². The summed E-state index contributed by atoms with van der Waals surface area (Å²) < 4.78 is 0. The van der Waals surface area contributed by atoms with Gasteiger partial charge in [-0.2, -0.15) is 0 Å². The molecule has 0 spiro atoms. The first-order chi connectivity index (χ1) is 18.2. The Morgan fingerprint density at radius 1 is 0.676 bits per heavy atom. The highest BCUT2D eigenvalue weighted by Crippen LogP contribution is 2.25. The molecule has 1 aliphatic rings. The Balaban J connectivity index is 1.17. The van der Waals surface area contributed by atoms with E-state index in [0.29, 0.717) is 17.7 Å². The van der Waals surface area contributed by atoms with Crippen molar-refractivity contribution in [2.75, 3.05) is 18.0 Å². The molecular formula is C32H31N3O2. The van der Waals surface area contributed by atoms with E-state index in [9.17, 15) is 9.59 Å². The SMILES string of the molecule is O=C(NC1CCN(c2ccccc2C(=O)NCc2ccc(-c3ccccc3)cc2)CC1)c1ccccc1. The van der Waals surface area contributed by atoms with Gasteiger partial charge in [-0.05, 0) is 53.8 Å². The van der Waals surface area contributed by atoms with Crippen LogP contribution in [0, 0.1) is 0 Å². The summed E-state index contributed by atoms with van der Waals surface area (Å²) in [6.45, 7) is 2.03. The fraction of sp³-hybridized carbons (Fsp3) is 0.188. The van der Waals surface area contributed by atoms with Crippen LogP contribution in [-0.4, -0.2) is 30.9 Å². The van der Waals surface area contributed by atoms with Crippen LogP contribution in [0.15, 0.2) is 109 Å². The summed E-state index contributed by atoms with van der Waals surface area (Å²) in [5.41, 5.74) is 5.68. The Hall–Kier alpha value is -4.38. The van der Waals surface area contributed by atoms with E-state index in [1.807, 2.05) is 72.8 Å². The minimum Gasteiger partial charge on any atom is -0.371 e. The predicted octanol–water partition coefficient (Wildman–Crippen LogP) is 5.68. The van der Waals surface area contributed by atoms with E-state index in [0.717, 1.165) is 42.7 Å². The molecule has 2 amide bonds. The smallest absolute Gasteiger partial charge is 0.253 e. The number of piperidine rings is 1. The molecular weight excluding hydrogens is 458 g/mol. The van der Waals surface area contributed by atoms with Crippen molar-refractivity contribution in [3.63, 3.8) is 0 Å². The maximum Gasteiger partial charge on any atom is 0.253 e. The largest absolute Gasteiger partial charge is 0.371 e. The quantitative estimate of drug-likeness (QED) is 0.351. The van der Waals surface area contributed by atoms with Crippen molar-refractivity contribution >= 4 is 17.5 Å². The lowest BCUT2D eigenvalue weighted by molar-refractivity contribution is 0.0929. The summed E-state index contributed by atoms with van der Waals surface area (Å²) in [6, 6.07) is 35.8. The topological polar surface area (TPSA) is 61.4 Å². The molecule has 4 aromatic carbocycles. The van der Waals surface area contributed by atoms with E-state index in [-0.39, 0.29) is 17.9 Å². The van der Waals surface area contributed by atoms with Crippen LogP contribution in [-0.2, 0) is 6.54 Å². The number of anilines is 1. The summed E-state index contributed by atoms with van der Waals surface area (Å²) in [7, 11) is 0. The van der Waals surface area contributed by atoms with Crippen molar-refractivity contribution in [1.82, 2.24) is 10.6 Å². The summed E-state index contributed by atoms with van der Waals surface area (Å²) >= 11 is 0. The summed E-state index contributed by atoms with van der Waals surface area (Å²) in [5.74, 6) is -0.113. The van der Waals surface area contributed by atoms with Gasteiger partial charge in [0, 0.05) is 36.9 Å². The first-order valence-electron chi connectivity index (χ1n) is 12.8. The van der Waals surface area contributed by atoms with Gasteiger partial charge in [-0.1, -0.05) is 84.9 Å². The summed E-state index contributed by atoms with van der Waals surface area (Å²) in [4.78, 5) is 27.9. The van der Waals surface area contributed by atoms with E-state index in [1.54, 1.807) is 0 Å². The molecule has 4 aromatic rings. The highest BCUT2D eigenvalue weighted by atomic mass is 16.2. The molecule has 0 saturated carbocycles. The molecule has 1 saturated heterocycles. The number of hydrogen-bond donors (Lipinski definition) is 2. The lowest BCUT2D eigenvalue weighted by Crippen LogP contribution is -2.45. The van der Waals surface area contributed by atoms with Crippen LogP contribution in [0.1, 0.15) is 39.1 Å². The molecule has 0 aliphatic carbocycles. The summed E-state index contributed by atoms with van der Waals surface area (Å²) in [5, 5.41) is 6.24. The molecule has 0 unspecified atom stereocenters. The zero-order chi connectivity index (χ0) is 25.5. The van der Waals surface area contributed by atoms with Crippen molar-refractivity contribution in [2.45, 2.75) is 25.4 Å². The maximum absolute atomic E-state index is 13.1. The molecule has 1 heterocycles. The van der Waals surface area contributed by atoms with Gasteiger partial charge in [-0.3, -0.25) is 9.59 Å². The van der Waals surface area contributed by atoms with Crippen LogP contribution in [0.3, 0.4) is 0 Å². The molecule has 0 aromatic heterocycles. The third kappa shape index (κ3) is 6.07. The van der Waals surface area contributed by atoms with Crippen LogP contribution in [0.2, 0.25) is 0 Å². The van der Waals surface area contributed by atoms with Crippen LogP contribution in [0.4, 0.5) is 5.69 Å². The molecule has 5 nitrogen and oxygen atoms in total. The average Bonchev–Trinajstić information content (AvgIpc) is 2.97. The molecule has 1 fully saturated rings. The fourth-order valence-corrected chi connectivity index (χ4v) is 4.79. The molecule has 5 rings (SSSR count). The Kier molecular flexibility index (Phi) is 7.60. The Labute approximate surface area is 218 Å². The molecule has 1 aliphatic heterocycles. The maximum atomic E-state index is 13.1. The third-order valence-electron chi connectivity index (χ3n) is 6.87. The average molecular weight is 490 g/mol. The molecule has 0 radical (unpaired) electrons. The van der Waals surface area contributed by atoms with E-state index < -0.39 is 0 Å². The molecule has 0 bridgehead atoms. The number of nitrogens with one attached hydrogen (secondary N) is 2. The van der Waals surface area contributed by atoms with Crippen molar-refractivity contribution in [2.24, 2.45) is 0 Å². The standard InChI is InChI=1S/C32H31N3O2/c36-31(27-11-5-2-6-12-27)34-28-19-21-35(22-20-28)30-14-8-7-13-29(30)32(37)33-23-24-15-17-26(18-16-24)25-9-3-1-4-10-25/h1-18,28H,19-23H2,(H,33,37)(H,34,36). The zero-order valence-electron chi connectivity index (χ0n) is 20.8. The first-order valence-corrected chi connectivity index (χ1v) is 12.8. The second kappa shape index (κ2) is 11.6. The lowest BCUT2D eigenvalue weighted by Gasteiger charge is -2.35. The highest BCUT2D eigenvalue weighted by molar-refractivity contribution is 5.99. The number of hydrogen-bond acceptors (Lipinski definition) is 3. The Bertz CT molecular complexity index is 1330. The molecule has 2 N–H and O–H groups in total. The summed E-state index contributed by atoms with van der Waals surface area (Å²) in [6.07, 6.45) is 1.67. The number of carbonyl (C=O) groups excluding carboxylic acids is 2. The predicted molar refractivity (Wildman–Crippen MR) is 149 cm³/mol. The van der Waals surface area contributed by atoms with E-state index in [2.05, 4.69) is 51.9 Å². The molecule has 0 atom stereocenters. The van der Waals surface area contributed by atoms with Gasteiger partial charge in [0.05, 0.1) is 5.56 Å². The third-order valence-corrected chi connectivity index (χ3v) is 6.87. The van der Waals surface area contributed by atoms with Crippen LogP contribution in [0.25, 0.3) is 11.1 Å². The van der Waals surface area contributed by atoms with Crippen molar-refractivity contribution in [1.29, 1.82) is 0 Å². The second-order valence-electron chi connectivity index (χ2n) is 9.36. The van der Waals surface area contributed by atoms with Crippen molar-refractivity contribution in [3.05, 3.63) is 126 Å². The normalized spacial score (nSPS) is 13.7. The zero-order valence-corrected chi connectivity index (χ0v) is 20.8.